The predicted molar refractivity (Wildman–Crippen MR) is 60.1 cm³/mol. The van der Waals surface area contributed by atoms with Crippen LogP contribution in [0.5, 0.6) is 5.75 Å². The minimum absolute atomic E-state index is 0.0471. The average Bonchev–Trinajstić information content (AvgIpc) is 2.18. The van der Waals surface area contributed by atoms with Crippen molar-refractivity contribution in [1.82, 2.24) is 5.32 Å². The van der Waals surface area contributed by atoms with Crippen molar-refractivity contribution in [3.8, 4) is 5.75 Å². The van der Waals surface area contributed by atoms with E-state index in [1.807, 2.05) is 0 Å². The first kappa shape index (κ1) is 11.9. The largest absolute Gasteiger partial charge is 0.507 e. The summed E-state index contributed by atoms with van der Waals surface area (Å²) in [6.07, 6.45) is 1.15. The Morgan fingerprint density at radius 1 is 1.47 bits per heavy atom. The maximum absolute atomic E-state index is 11.5. The second-order valence-electron chi connectivity index (χ2n) is 2.88. The van der Waals surface area contributed by atoms with Crippen LogP contribution >= 0.6 is 23.2 Å². The number of carbonyl (C=O) groups excluding carboxylic acids is 1. The third-order valence-corrected chi connectivity index (χ3v) is 2.01. The van der Waals surface area contributed by atoms with Gasteiger partial charge in [-0.2, -0.15) is 0 Å². The number of amides is 1. The number of carbonyl (C=O) groups is 1. The maximum Gasteiger partial charge on any atom is 0.259 e. The van der Waals surface area contributed by atoms with Crippen LogP contribution in [0.15, 0.2) is 28.9 Å². The molecule has 1 aromatic rings. The molecule has 1 rings (SSSR count). The van der Waals surface area contributed by atoms with Gasteiger partial charge >= 0.3 is 0 Å². The molecule has 0 bridgehead atoms. The molecule has 3 nitrogen and oxygen atoms in total. The summed E-state index contributed by atoms with van der Waals surface area (Å²) in [5, 5.41) is 11.9. The van der Waals surface area contributed by atoms with E-state index in [1.54, 1.807) is 19.1 Å². The van der Waals surface area contributed by atoms with Crippen molar-refractivity contribution in [2.45, 2.75) is 6.92 Å². The molecule has 0 aliphatic heterocycles. The molecule has 15 heavy (non-hydrogen) atoms. The maximum atomic E-state index is 11.5. The Kier molecular flexibility index (Phi) is 4.00. The van der Waals surface area contributed by atoms with Crippen LogP contribution < -0.4 is 5.32 Å². The van der Waals surface area contributed by atoms with Gasteiger partial charge in [0.05, 0.1) is 5.56 Å². The summed E-state index contributed by atoms with van der Waals surface area (Å²) in [5.74, 6) is -0.510. The molecule has 0 aliphatic rings. The number of halogens is 2. The van der Waals surface area contributed by atoms with Crippen molar-refractivity contribution < 1.29 is 9.90 Å². The number of aromatic hydroxyl groups is 1. The number of nitrogens with one attached hydrogen (secondary N) is 1. The zero-order valence-corrected chi connectivity index (χ0v) is 9.43. The van der Waals surface area contributed by atoms with E-state index >= 15 is 0 Å². The predicted octanol–water partition coefficient (Wildman–Crippen LogP) is 2.71. The Morgan fingerprint density at radius 2 is 2.13 bits per heavy atom. The van der Waals surface area contributed by atoms with Crippen LogP contribution in [0, 0.1) is 6.92 Å². The number of para-hydroxylation sites is 1. The van der Waals surface area contributed by atoms with Crippen molar-refractivity contribution in [2.75, 3.05) is 0 Å². The van der Waals surface area contributed by atoms with Gasteiger partial charge in [-0.15, -0.1) is 0 Å². The number of phenolic OH excluding ortho intramolecular Hbond substituents is 1. The summed E-state index contributed by atoms with van der Waals surface area (Å²) < 4.78 is -0.0597. The molecule has 1 aromatic carbocycles. The molecule has 0 heterocycles. The molecule has 0 spiro atoms. The molecule has 0 saturated heterocycles. The molecule has 0 atom stereocenters. The fraction of sp³-hybridized carbons (Fsp3) is 0.100. The number of hydrogen-bond acceptors (Lipinski definition) is 2. The summed E-state index contributed by atoms with van der Waals surface area (Å²) >= 11 is 10.7. The Labute approximate surface area is 97.3 Å². The molecule has 0 saturated carbocycles. The van der Waals surface area contributed by atoms with Crippen LogP contribution in [-0.4, -0.2) is 11.0 Å². The first-order valence-corrected chi connectivity index (χ1v) is 4.88. The minimum atomic E-state index is -0.463. The highest BCUT2D eigenvalue weighted by Crippen LogP contribution is 2.21. The first-order valence-electron chi connectivity index (χ1n) is 4.13. The monoisotopic (exact) mass is 245 g/mol. The van der Waals surface area contributed by atoms with Crippen LogP contribution in [0.1, 0.15) is 15.9 Å². The summed E-state index contributed by atoms with van der Waals surface area (Å²) in [6, 6.07) is 4.89. The lowest BCUT2D eigenvalue weighted by Crippen LogP contribution is -2.17. The van der Waals surface area contributed by atoms with E-state index in [4.69, 9.17) is 23.2 Å². The van der Waals surface area contributed by atoms with Crippen LogP contribution in [0.25, 0.3) is 0 Å². The Hall–Kier alpha value is -1.19. The summed E-state index contributed by atoms with van der Waals surface area (Å²) in [6.45, 7) is 1.70. The summed E-state index contributed by atoms with van der Waals surface area (Å²) in [7, 11) is 0. The van der Waals surface area contributed by atoms with Crippen molar-refractivity contribution >= 4 is 29.1 Å². The lowest BCUT2D eigenvalue weighted by Gasteiger charge is -2.05. The van der Waals surface area contributed by atoms with Gasteiger partial charge in [-0.05, 0) is 18.6 Å². The number of phenols is 1. The Bertz CT molecular complexity index is 412. The smallest absolute Gasteiger partial charge is 0.259 e. The highest BCUT2D eigenvalue weighted by Gasteiger charge is 2.10. The molecule has 80 valence electrons. The second-order valence-corrected chi connectivity index (χ2v) is 3.89. The van der Waals surface area contributed by atoms with Gasteiger partial charge in [0.15, 0.2) is 0 Å². The van der Waals surface area contributed by atoms with Gasteiger partial charge < -0.3 is 10.4 Å². The molecule has 0 unspecified atom stereocenters. The lowest BCUT2D eigenvalue weighted by atomic mass is 10.1. The van der Waals surface area contributed by atoms with Gasteiger partial charge in [-0.1, -0.05) is 35.3 Å². The van der Waals surface area contributed by atoms with Gasteiger partial charge in [0.25, 0.3) is 5.91 Å². The van der Waals surface area contributed by atoms with Crippen LogP contribution in [0.2, 0.25) is 0 Å². The molecule has 0 radical (unpaired) electrons. The molecule has 0 aromatic heterocycles. The highest BCUT2D eigenvalue weighted by molar-refractivity contribution is 6.55. The fourth-order valence-corrected chi connectivity index (χ4v) is 1.15. The van der Waals surface area contributed by atoms with Crippen molar-refractivity contribution in [3.63, 3.8) is 0 Å². The van der Waals surface area contributed by atoms with E-state index in [0.717, 1.165) is 6.20 Å². The average molecular weight is 246 g/mol. The number of rotatable bonds is 2. The van der Waals surface area contributed by atoms with E-state index in [9.17, 15) is 9.90 Å². The molecule has 1 amide bonds. The van der Waals surface area contributed by atoms with Crippen molar-refractivity contribution in [3.05, 3.63) is 40.0 Å². The van der Waals surface area contributed by atoms with Crippen molar-refractivity contribution in [1.29, 1.82) is 0 Å². The SMILES string of the molecule is Cc1cccc(C(=O)NC=C(Cl)Cl)c1O. The number of aryl methyl sites for hydroxylation is 1. The first-order chi connectivity index (χ1) is 7.02. The van der Waals surface area contributed by atoms with Gasteiger partial charge in [-0.25, -0.2) is 0 Å². The molecule has 5 heteroatoms. The molecular weight excluding hydrogens is 237 g/mol. The Morgan fingerprint density at radius 3 is 2.73 bits per heavy atom. The summed E-state index contributed by atoms with van der Waals surface area (Å²) in [5.41, 5.74) is 0.810. The second kappa shape index (κ2) is 5.05. The molecule has 2 N–H and O–H groups in total. The third kappa shape index (κ3) is 3.15. The normalized spacial score (nSPS) is 9.53. The van der Waals surface area contributed by atoms with Crippen LogP contribution in [0.4, 0.5) is 0 Å². The molecule has 0 aliphatic carbocycles. The standard InChI is InChI=1S/C10H9Cl2NO2/c1-6-3-2-4-7(9(6)14)10(15)13-5-8(11)12/h2-5,14H,1H3,(H,13,15). The minimum Gasteiger partial charge on any atom is -0.507 e. The highest BCUT2D eigenvalue weighted by atomic mass is 35.5. The number of hydrogen-bond donors (Lipinski definition) is 2. The van der Waals surface area contributed by atoms with Gasteiger partial charge in [0.1, 0.15) is 10.2 Å². The van der Waals surface area contributed by atoms with E-state index in [0.29, 0.717) is 5.56 Å². The van der Waals surface area contributed by atoms with E-state index in [2.05, 4.69) is 5.32 Å². The fourth-order valence-electron chi connectivity index (χ4n) is 1.04. The van der Waals surface area contributed by atoms with Crippen LogP contribution in [0.3, 0.4) is 0 Å². The van der Waals surface area contributed by atoms with Gasteiger partial charge in [0.2, 0.25) is 0 Å². The van der Waals surface area contributed by atoms with Crippen molar-refractivity contribution in [2.24, 2.45) is 0 Å². The Balaban J connectivity index is 2.92. The van der Waals surface area contributed by atoms with E-state index in [1.165, 1.54) is 6.07 Å². The zero-order chi connectivity index (χ0) is 11.4. The molecule has 0 fully saturated rings. The summed E-state index contributed by atoms with van der Waals surface area (Å²) in [4.78, 5) is 11.5. The van der Waals surface area contributed by atoms with Gasteiger partial charge in [0, 0.05) is 6.20 Å². The van der Waals surface area contributed by atoms with E-state index in [-0.39, 0.29) is 15.8 Å². The van der Waals surface area contributed by atoms with Gasteiger partial charge in [-0.3, -0.25) is 4.79 Å². The topological polar surface area (TPSA) is 49.3 Å². The quantitative estimate of drug-likeness (QED) is 0.842. The lowest BCUT2D eigenvalue weighted by molar-refractivity contribution is 0.0967. The zero-order valence-electron chi connectivity index (χ0n) is 7.92. The number of benzene rings is 1. The third-order valence-electron chi connectivity index (χ3n) is 1.79. The van der Waals surface area contributed by atoms with E-state index < -0.39 is 5.91 Å². The van der Waals surface area contributed by atoms with Crippen LogP contribution in [-0.2, 0) is 0 Å². The molecular formula is C10H9Cl2NO2.